The van der Waals surface area contributed by atoms with E-state index < -0.39 is 11.2 Å². The molecule has 0 aromatic heterocycles. The zero-order valence-corrected chi connectivity index (χ0v) is 11.3. The summed E-state index contributed by atoms with van der Waals surface area (Å²) >= 11 is 0. The predicted molar refractivity (Wildman–Crippen MR) is 65.6 cm³/mol. The van der Waals surface area contributed by atoms with Crippen LogP contribution in [-0.4, -0.2) is 17.7 Å². The van der Waals surface area contributed by atoms with Gasteiger partial charge < -0.3 is 9.47 Å². The second-order valence-electron chi connectivity index (χ2n) is 6.07. The van der Waals surface area contributed by atoms with Gasteiger partial charge in [0.15, 0.2) is 0 Å². The predicted octanol–water partition coefficient (Wildman–Crippen LogP) is 2.94. The number of hydrogen-bond acceptors (Lipinski definition) is 4. The Labute approximate surface area is 108 Å². The normalized spacial score (nSPS) is 27.7. The first-order valence-electron chi connectivity index (χ1n) is 6.89. The van der Waals surface area contributed by atoms with E-state index >= 15 is 0 Å². The highest BCUT2D eigenvalue weighted by molar-refractivity contribution is 5.77. The van der Waals surface area contributed by atoms with Crippen LogP contribution in [0.5, 0.6) is 0 Å². The van der Waals surface area contributed by atoms with Crippen molar-refractivity contribution in [3.8, 4) is 0 Å². The molecule has 0 unspecified atom stereocenters. The van der Waals surface area contributed by atoms with Gasteiger partial charge in [0.25, 0.3) is 5.79 Å². The van der Waals surface area contributed by atoms with Crippen molar-refractivity contribution < 1.29 is 19.1 Å². The molecule has 1 aliphatic heterocycles. The van der Waals surface area contributed by atoms with E-state index in [-0.39, 0.29) is 11.9 Å². The van der Waals surface area contributed by atoms with Gasteiger partial charge in [-0.3, -0.25) is 9.59 Å². The van der Waals surface area contributed by atoms with Gasteiger partial charge in [-0.25, -0.2) is 0 Å². The van der Waals surface area contributed by atoms with E-state index in [0.29, 0.717) is 32.1 Å². The van der Waals surface area contributed by atoms with Gasteiger partial charge in [0.05, 0.1) is 5.41 Å². The maximum absolute atomic E-state index is 12.2. The lowest BCUT2D eigenvalue weighted by molar-refractivity contribution is -0.242. The number of rotatable bonds is 0. The third-order valence-corrected chi connectivity index (χ3v) is 3.93. The Hall–Kier alpha value is -1.06. The number of ether oxygens (including phenoxy) is 2. The van der Waals surface area contributed by atoms with Crippen LogP contribution < -0.4 is 0 Å². The first-order valence-corrected chi connectivity index (χ1v) is 6.89. The smallest absolute Gasteiger partial charge is 0.314 e. The molecule has 0 radical (unpaired) electrons. The molecular formula is C14H22O4. The average molecular weight is 254 g/mol. The zero-order valence-electron chi connectivity index (χ0n) is 11.3. The summed E-state index contributed by atoms with van der Waals surface area (Å²) in [5.74, 6) is -1.45. The average Bonchev–Trinajstić information content (AvgIpc) is 2.31. The Bertz CT molecular complexity index is 340. The monoisotopic (exact) mass is 254 g/mol. The molecule has 18 heavy (non-hydrogen) atoms. The molecule has 2 fully saturated rings. The van der Waals surface area contributed by atoms with E-state index in [4.69, 9.17) is 9.47 Å². The number of carbonyl (C=O) groups excluding carboxylic acids is 2. The van der Waals surface area contributed by atoms with Gasteiger partial charge in [-0.1, -0.05) is 6.42 Å². The summed E-state index contributed by atoms with van der Waals surface area (Å²) in [4.78, 5) is 24.0. The Morgan fingerprint density at radius 1 is 0.889 bits per heavy atom. The minimum atomic E-state index is -0.978. The molecule has 0 amide bonds. The summed E-state index contributed by atoms with van der Waals surface area (Å²) in [5, 5.41) is 0. The number of carbonyl (C=O) groups is 2. The van der Waals surface area contributed by atoms with Crippen molar-refractivity contribution in [2.45, 2.75) is 71.0 Å². The molecule has 2 rings (SSSR count). The van der Waals surface area contributed by atoms with E-state index in [1.807, 2.05) is 13.8 Å². The second-order valence-corrected chi connectivity index (χ2v) is 6.07. The van der Waals surface area contributed by atoms with Crippen molar-refractivity contribution in [3.63, 3.8) is 0 Å². The minimum Gasteiger partial charge on any atom is -0.422 e. The lowest BCUT2D eigenvalue weighted by Gasteiger charge is -2.37. The van der Waals surface area contributed by atoms with Crippen LogP contribution in [0.1, 0.15) is 65.2 Å². The highest BCUT2D eigenvalue weighted by Gasteiger charge is 2.44. The molecule has 0 aromatic rings. The summed E-state index contributed by atoms with van der Waals surface area (Å²) in [7, 11) is 0. The molecule has 1 saturated carbocycles. The molecule has 2 aliphatic rings. The second kappa shape index (κ2) is 4.90. The van der Waals surface area contributed by atoms with Crippen LogP contribution in [0.3, 0.4) is 0 Å². The van der Waals surface area contributed by atoms with Crippen molar-refractivity contribution in [2.24, 2.45) is 5.41 Å². The fraction of sp³-hybridized carbons (Fsp3) is 0.857. The first kappa shape index (κ1) is 13.4. The molecule has 4 heteroatoms. The molecule has 1 saturated heterocycles. The van der Waals surface area contributed by atoms with E-state index in [2.05, 4.69) is 0 Å². The van der Waals surface area contributed by atoms with Gasteiger partial charge >= 0.3 is 11.9 Å². The van der Waals surface area contributed by atoms with Gasteiger partial charge in [-0.05, 0) is 39.5 Å². The van der Waals surface area contributed by atoms with Crippen LogP contribution in [0.4, 0.5) is 0 Å². The summed E-state index contributed by atoms with van der Waals surface area (Å²) in [5.41, 5.74) is -0.529. The van der Waals surface area contributed by atoms with Gasteiger partial charge in [-0.2, -0.15) is 0 Å². The van der Waals surface area contributed by atoms with Crippen LogP contribution in [0.2, 0.25) is 0 Å². The summed E-state index contributed by atoms with van der Waals surface area (Å²) < 4.78 is 11.1. The Balaban J connectivity index is 2.21. The molecule has 4 nitrogen and oxygen atoms in total. The fourth-order valence-electron chi connectivity index (χ4n) is 2.66. The van der Waals surface area contributed by atoms with Crippen LogP contribution in [0.25, 0.3) is 0 Å². The lowest BCUT2D eigenvalue weighted by Crippen LogP contribution is -2.44. The molecule has 0 N–H and O–H groups in total. The van der Waals surface area contributed by atoms with Gasteiger partial charge in [0.2, 0.25) is 0 Å². The summed E-state index contributed by atoms with van der Waals surface area (Å²) in [6, 6.07) is 0. The van der Waals surface area contributed by atoms with E-state index in [1.165, 1.54) is 0 Å². The van der Waals surface area contributed by atoms with Gasteiger partial charge in [-0.15, -0.1) is 0 Å². The van der Waals surface area contributed by atoms with Crippen molar-refractivity contribution in [3.05, 3.63) is 0 Å². The number of hydrogen-bond donors (Lipinski definition) is 0. The van der Waals surface area contributed by atoms with Crippen molar-refractivity contribution in [1.29, 1.82) is 0 Å². The molecular weight excluding hydrogens is 232 g/mol. The lowest BCUT2D eigenvalue weighted by atomic mass is 9.87. The Kier molecular flexibility index (Phi) is 3.64. The molecule has 0 aromatic carbocycles. The first-order chi connectivity index (χ1) is 8.44. The third kappa shape index (κ3) is 2.85. The van der Waals surface area contributed by atoms with Crippen LogP contribution in [-0.2, 0) is 19.1 Å². The van der Waals surface area contributed by atoms with E-state index in [9.17, 15) is 9.59 Å². The highest BCUT2D eigenvalue weighted by atomic mass is 16.7. The molecule has 1 heterocycles. The molecule has 0 bridgehead atoms. The van der Waals surface area contributed by atoms with E-state index in [0.717, 1.165) is 19.3 Å². The SMILES string of the molecule is CC1(C)CCCC(=O)OC2(CCCCC2)OC1=O. The quantitative estimate of drug-likeness (QED) is 0.624. The standard InChI is InChI=1S/C14H22O4/c1-13(2)8-6-7-11(15)17-14(18-12(13)16)9-4-3-5-10-14/h3-10H2,1-2H3. The molecule has 0 atom stereocenters. The molecule has 102 valence electrons. The Morgan fingerprint density at radius 2 is 1.56 bits per heavy atom. The molecule has 1 spiro atoms. The Morgan fingerprint density at radius 3 is 2.22 bits per heavy atom. The minimum absolute atomic E-state index is 0.234. The number of esters is 2. The zero-order chi connectivity index (χ0) is 13.2. The van der Waals surface area contributed by atoms with Gasteiger partial charge in [0.1, 0.15) is 0 Å². The van der Waals surface area contributed by atoms with Crippen molar-refractivity contribution in [1.82, 2.24) is 0 Å². The summed E-state index contributed by atoms with van der Waals surface area (Å²) in [6.07, 6.45) is 6.00. The largest absolute Gasteiger partial charge is 0.422 e. The topological polar surface area (TPSA) is 52.6 Å². The maximum Gasteiger partial charge on any atom is 0.314 e. The van der Waals surface area contributed by atoms with Crippen LogP contribution in [0.15, 0.2) is 0 Å². The van der Waals surface area contributed by atoms with Crippen LogP contribution >= 0.6 is 0 Å². The molecule has 1 aliphatic carbocycles. The highest BCUT2D eigenvalue weighted by Crippen LogP contribution is 2.38. The van der Waals surface area contributed by atoms with Gasteiger partial charge in [0, 0.05) is 19.3 Å². The van der Waals surface area contributed by atoms with E-state index in [1.54, 1.807) is 0 Å². The summed E-state index contributed by atoms with van der Waals surface area (Å²) in [6.45, 7) is 3.75. The van der Waals surface area contributed by atoms with Crippen molar-refractivity contribution >= 4 is 11.9 Å². The third-order valence-electron chi connectivity index (χ3n) is 3.93. The van der Waals surface area contributed by atoms with Crippen molar-refractivity contribution in [2.75, 3.05) is 0 Å². The van der Waals surface area contributed by atoms with Crippen LogP contribution in [0, 0.1) is 5.41 Å². The maximum atomic E-state index is 12.2. The fourth-order valence-corrected chi connectivity index (χ4v) is 2.66.